The third-order valence-electron chi connectivity index (χ3n) is 5.60. The van der Waals surface area contributed by atoms with Gasteiger partial charge in [0.15, 0.2) is 0 Å². The number of amides is 2. The molecule has 23 heavy (non-hydrogen) atoms. The molecular formula is C17H26N4O2. The molecule has 6 nitrogen and oxygen atoms in total. The van der Waals surface area contributed by atoms with Crippen molar-refractivity contribution in [2.45, 2.75) is 45.6 Å². The Morgan fingerprint density at radius 1 is 1.35 bits per heavy atom. The largest absolute Gasteiger partial charge is 0.342 e. The number of nitrogens with zero attached hydrogens (tertiary/aromatic N) is 4. The SMILES string of the molecule is CCN1CC2(CCC1=O)CCN(C(=O)[C@H](C)n1ccnc1)CC2. The van der Waals surface area contributed by atoms with E-state index in [0.29, 0.717) is 6.42 Å². The molecule has 2 fully saturated rings. The Kier molecular flexibility index (Phi) is 4.41. The fourth-order valence-corrected chi connectivity index (χ4v) is 3.89. The minimum atomic E-state index is -0.202. The van der Waals surface area contributed by atoms with E-state index in [1.165, 1.54) is 0 Å². The van der Waals surface area contributed by atoms with E-state index in [1.54, 1.807) is 12.5 Å². The molecule has 2 amide bonds. The molecule has 1 atom stereocenters. The van der Waals surface area contributed by atoms with Crippen molar-refractivity contribution in [3.8, 4) is 0 Å². The van der Waals surface area contributed by atoms with Crippen molar-refractivity contribution >= 4 is 11.8 Å². The van der Waals surface area contributed by atoms with Gasteiger partial charge in [0.1, 0.15) is 6.04 Å². The maximum atomic E-state index is 12.7. The summed E-state index contributed by atoms with van der Waals surface area (Å²) in [6.45, 7) is 7.21. The molecule has 2 aliphatic rings. The van der Waals surface area contributed by atoms with Crippen LogP contribution in [0.15, 0.2) is 18.7 Å². The van der Waals surface area contributed by atoms with Gasteiger partial charge in [-0.05, 0) is 38.5 Å². The topological polar surface area (TPSA) is 58.4 Å². The second-order valence-corrected chi connectivity index (χ2v) is 6.92. The molecule has 1 spiro atoms. The number of imidazole rings is 1. The van der Waals surface area contributed by atoms with Gasteiger partial charge in [-0.3, -0.25) is 9.59 Å². The minimum absolute atomic E-state index is 0.164. The van der Waals surface area contributed by atoms with Gasteiger partial charge < -0.3 is 14.4 Å². The molecule has 3 rings (SSSR count). The lowest BCUT2D eigenvalue weighted by Crippen LogP contribution is -2.52. The molecule has 1 aromatic rings. The first-order valence-electron chi connectivity index (χ1n) is 8.59. The number of hydrogen-bond acceptors (Lipinski definition) is 3. The molecule has 0 unspecified atom stereocenters. The van der Waals surface area contributed by atoms with Crippen LogP contribution in [0.1, 0.15) is 45.6 Å². The summed E-state index contributed by atoms with van der Waals surface area (Å²) in [6.07, 6.45) is 8.86. The number of piperidine rings is 2. The quantitative estimate of drug-likeness (QED) is 0.852. The summed E-state index contributed by atoms with van der Waals surface area (Å²) in [7, 11) is 0. The standard InChI is InChI=1S/C17H26N4O2/c1-3-19-12-17(5-4-15(19)22)6-9-20(10-7-17)16(23)14(2)21-11-8-18-13-21/h8,11,13-14H,3-7,9-10,12H2,1-2H3/t14-/m0/s1. The van der Waals surface area contributed by atoms with Crippen molar-refractivity contribution in [1.29, 1.82) is 0 Å². The first-order chi connectivity index (χ1) is 11.0. The molecule has 2 aliphatic heterocycles. The average Bonchev–Trinajstić information content (AvgIpc) is 3.11. The van der Waals surface area contributed by atoms with Crippen LogP contribution in [-0.2, 0) is 9.59 Å². The van der Waals surface area contributed by atoms with E-state index in [4.69, 9.17) is 0 Å². The van der Waals surface area contributed by atoms with E-state index in [0.717, 1.165) is 45.4 Å². The smallest absolute Gasteiger partial charge is 0.245 e. The van der Waals surface area contributed by atoms with Crippen molar-refractivity contribution in [3.63, 3.8) is 0 Å². The lowest BCUT2D eigenvalue weighted by atomic mass is 9.72. The van der Waals surface area contributed by atoms with Crippen molar-refractivity contribution in [2.24, 2.45) is 5.41 Å². The molecule has 0 bridgehead atoms. The predicted molar refractivity (Wildman–Crippen MR) is 86.7 cm³/mol. The third-order valence-corrected chi connectivity index (χ3v) is 5.60. The monoisotopic (exact) mass is 318 g/mol. The van der Waals surface area contributed by atoms with Gasteiger partial charge in [0.05, 0.1) is 6.33 Å². The zero-order valence-corrected chi connectivity index (χ0v) is 14.1. The molecule has 0 N–H and O–H groups in total. The Morgan fingerprint density at radius 3 is 2.70 bits per heavy atom. The second-order valence-electron chi connectivity index (χ2n) is 6.92. The number of aromatic nitrogens is 2. The minimum Gasteiger partial charge on any atom is -0.342 e. The summed E-state index contributed by atoms with van der Waals surface area (Å²) in [5.41, 5.74) is 0.221. The summed E-state index contributed by atoms with van der Waals surface area (Å²) < 4.78 is 1.85. The van der Waals surface area contributed by atoms with Gasteiger partial charge in [0, 0.05) is 45.0 Å². The van der Waals surface area contributed by atoms with Crippen LogP contribution in [0.3, 0.4) is 0 Å². The van der Waals surface area contributed by atoms with Gasteiger partial charge in [-0.1, -0.05) is 0 Å². The van der Waals surface area contributed by atoms with Crippen LogP contribution in [0.2, 0.25) is 0 Å². The summed E-state index contributed by atoms with van der Waals surface area (Å²) in [6, 6.07) is -0.202. The van der Waals surface area contributed by atoms with Crippen molar-refractivity contribution in [2.75, 3.05) is 26.2 Å². The Morgan fingerprint density at radius 2 is 2.09 bits per heavy atom. The van der Waals surface area contributed by atoms with Crippen LogP contribution in [0, 0.1) is 5.41 Å². The Balaban J connectivity index is 1.60. The lowest BCUT2D eigenvalue weighted by Gasteiger charge is -2.47. The van der Waals surface area contributed by atoms with Gasteiger partial charge in [-0.25, -0.2) is 4.98 Å². The normalized spacial score (nSPS) is 22.4. The molecule has 0 saturated carbocycles. The van der Waals surface area contributed by atoms with Crippen LogP contribution < -0.4 is 0 Å². The van der Waals surface area contributed by atoms with E-state index in [-0.39, 0.29) is 23.3 Å². The van der Waals surface area contributed by atoms with Crippen molar-refractivity contribution in [1.82, 2.24) is 19.4 Å². The zero-order chi connectivity index (χ0) is 16.4. The van der Waals surface area contributed by atoms with Crippen molar-refractivity contribution < 1.29 is 9.59 Å². The van der Waals surface area contributed by atoms with Crippen LogP contribution in [0.5, 0.6) is 0 Å². The van der Waals surface area contributed by atoms with Crippen LogP contribution in [0.25, 0.3) is 0 Å². The summed E-state index contributed by atoms with van der Waals surface area (Å²) >= 11 is 0. The second kappa shape index (κ2) is 6.34. The Labute approximate surface area is 137 Å². The fourth-order valence-electron chi connectivity index (χ4n) is 3.89. The van der Waals surface area contributed by atoms with Crippen LogP contribution >= 0.6 is 0 Å². The van der Waals surface area contributed by atoms with E-state index >= 15 is 0 Å². The summed E-state index contributed by atoms with van der Waals surface area (Å²) in [5, 5.41) is 0. The average molecular weight is 318 g/mol. The zero-order valence-electron chi connectivity index (χ0n) is 14.1. The number of carbonyl (C=O) groups excluding carboxylic acids is 2. The molecule has 0 radical (unpaired) electrons. The lowest BCUT2D eigenvalue weighted by molar-refractivity contribution is -0.143. The Bertz CT molecular complexity index is 561. The molecule has 3 heterocycles. The van der Waals surface area contributed by atoms with Crippen LogP contribution in [-0.4, -0.2) is 57.3 Å². The van der Waals surface area contributed by atoms with Crippen molar-refractivity contribution in [3.05, 3.63) is 18.7 Å². The van der Waals surface area contributed by atoms with E-state index < -0.39 is 0 Å². The number of hydrogen-bond donors (Lipinski definition) is 0. The van der Waals surface area contributed by atoms with E-state index in [2.05, 4.69) is 4.98 Å². The van der Waals surface area contributed by atoms with Crippen LogP contribution in [0.4, 0.5) is 0 Å². The molecule has 6 heteroatoms. The predicted octanol–water partition coefficient (Wildman–Crippen LogP) is 1.70. The highest BCUT2D eigenvalue weighted by atomic mass is 16.2. The third kappa shape index (κ3) is 3.12. The number of carbonyl (C=O) groups is 2. The molecular weight excluding hydrogens is 292 g/mol. The van der Waals surface area contributed by atoms with Gasteiger partial charge in [0.25, 0.3) is 0 Å². The molecule has 0 aliphatic carbocycles. The maximum Gasteiger partial charge on any atom is 0.245 e. The van der Waals surface area contributed by atoms with E-state index in [1.807, 2.05) is 34.4 Å². The summed E-state index contributed by atoms with van der Waals surface area (Å²) in [4.78, 5) is 32.5. The highest BCUT2D eigenvalue weighted by Gasteiger charge is 2.41. The number of likely N-dealkylation sites (tertiary alicyclic amines) is 2. The molecule has 0 aromatic carbocycles. The van der Waals surface area contributed by atoms with Gasteiger partial charge in [-0.15, -0.1) is 0 Å². The highest BCUT2D eigenvalue weighted by Crippen LogP contribution is 2.40. The van der Waals surface area contributed by atoms with Gasteiger partial charge in [0.2, 0.25) is 11.8 Å². The molecule has 126 valence electrons. The fraction of sp³-hybridized carbons (Fsp3) is 0.706. The summed E-state index contributed by atoms with van der Waals surface area (Å²) in [5.74, 6) is 0.447. The first kappa shape index (κ1) is 16.0. The highest BCUT2D eigenvalue weighted by molar-refractivity contribution is 5.80. The molecule has 2 saturated heterocycles. The first-order valence-corrected chi connectivity index (χ1v) is 8.59. The van der Waals surface area contributed by atoms with Gasteiger partial charge in [-0.2, -0.15) is 0 Å². The maximum absolute atomic E-state index is 12.7. The number of rotatable bonds is 3. The Hall–Kier alpha value is -1.85. The molecule has 1 aromatic heterocycles. The van der Waals surface area contributed by atoms with Gasteiger partial charge >= 0.3 is 0 Å². The van der Waals surface area contributed by atoms with E-state index in [9.17, 15) is 9.59 Å².